The Morgan fingerprint density at radius 3 is 1.06 bits per heavy atom. The van der Waals surface area contributed by atoms with Crippen molar-refractivity contribution < 1.29 is 27.6 Å². The number of piperidine rings is 3. The lowest BCUT2D eigenvalue weighted by atomic mass is 9.74. The lowest BCUT2D eigenvalue weighted by Crippen LogP contribution is -2.46. The predicted molar refractivity (Wildman–Crippen MR) is 431 cm³/mol. The Morgan fingerprint density at radius 1 is 0.355 bits per heavy atom. The van der Waals surface area contributed by atoms with Crippen molar-refractivity contribution in [1.82, 2.24) is 29.7 Å². The second-order valence-corrected chi connectivity index (χ2v) is 31.9. The molecule has 0 radical (unpaired) electrons. The lowest BCUT2D eigenvalue weighted by Gasteiger charge is -2.39. The Hall–Kier alpha value is -6.74. The molecular formula is C81H67Cl11F3N9O3. The standard InChI is InChI=1S/C27H22Cl5N3O.C27H23Cl4N3O.C27H22Cl2F3N3O/c28-19-5-6-23-21(14-19)27(16-35(23)26(36)18-12-24(31)33-25(32)13-18)7-10-34(11-8-27)9-1-2-17-3-4-20(29)15-22(17)30;28-20-7-8-23-21(16-20)27(17-34(23)26(35)19-14-24(30)32-25(31)15-19)9-12-33(13-10-27)11-3-5-18-4-1-2-6-22(18)29;28-24-12-18(13-25(29)33-24)26(36)35-16-27(21-14-19(30)5-6-23(21)35)7-10-34(11-8-27)9-1-2-17-3-4-20(31)15-22(17)32/h1-6,12-15H,7-11,16H2;1-8,14-16H,9-13,17H2;1-6,12-15H,7-11,16H2/b2-1+;5-3+;2-1+. The summed E-state index contributed by atoms with van der Waals surface area (Å²) in [6.45, 7) is 8.97. The highest BCUT2D eigenvalue weighted by Gasteiger charge is 2.50. The van der Waals surface area contributed by atoms with Crippen LogP contribution in [0.1, 0.15) is 103 Å². The molecule has 6 aliphatic heterocycles. The van der Waals surface area contributed by atoms with Gasteiger partial charge in [-0.2, -0.15) is 0 Å². The average molecular weight is 1660 g/mol. The number of aromatic nitrogens is 3. The molecule has 0 N–H and O–H groups in total. The van der Waals surface area contributed by atoms with Crippen LogP contribution in [0.4, 0.5) is 30.2 Å². The monoisotopic (exact) mass is 1660 g/mol. The Balaban J connectivity index is 0.000000142. The molecule has 26 heteroatoms. The molecule has 3 spiro atoms. The van der Waals surface area contributed by atoms with Crippen molar-refractivity contribution in [3.05, 3.63) is 293 Å². The first-order chi connectivity index (χ1) is 51.3. The number of hydrogen-bond acceptors (Lipinski definition) is 9. The van der Waals surface area contributed by atoms with E-state index >= 15 is 0 Å². The molecule has 3 aromatic heterocycles. The summed E-state index contributed by atoms with van der Waals surface area (Å²) < 4.78 is 41.3. The molecule has 0 aliphatic carbocycles. The molecule has 3 fully saturated rings. The van der Waals surface area contributed by atoms with E-state index in [0.29, 0.717) is 74.2 Å². The van der Waals surface area contributed by atoms with E-state index < -0.39 is 11.6 Å². The molecule has 3 amide bonds. The third-order valence-corrected chi connectivity index (χ3v) is 23.4. The molecule has 0 saturated carbocycles. The third kappa shape index (κ3) is 18.0. The maximum atomic E-state index is 14.3. The Labute approximate surface area is 673 Å². The van der Waals surface area contributed by atoms with Gasteiger partial charge in [-0.3, -0.25) is 29.1 Å². The number of carbonyl (C=O) groups is 3. The van der Waals surface area contributed by atoms with Gasteiger partial charge in [-0.1, -0.05) is 188 Å². The normalized spacial score (nSPS) is 17.2. The zero-order valence-electron chi connectivity index (χ0n) is 57.2. The maximum absolute atomic E-state index is 14.3. The van der Waals surface area contributed by atoms with Gasteiger partial charge in [0.15, 0.2) is 0 Å². The summed E-state index contributed by atoms with van der Waals surface area (Å²) in [6, 6.07) is 42.1. The van der Waals surface area contributed by atoms with Crippen molar-refractivity contribution in [2.24, 2.45) is 0 Å². The highest BCUT2D eigenvalue weighted by atomic mass is 35.5. The van der Waals surface area contributed by atoms with Gasteiger partial charge >= 0.3 is 0 Å². The first kappa shape index (κ1) is 78.4. The maximum Gasteiger partial charge on any atom is 0.258 e. The van der Waals surface area contributed by atoms with E-state index in [0.717, 1.165) is 141 Å². The van der Waals surface area contributed by atoms with Gasteiger partial charge in [0.25, 0.3) is 17.7 Å². The average Bonchev–Trinajstić information content (AvgIpc) is 1.60. The van der Waals surface area contributed by atoms with E-state index in [-0.39, 0.29) is 70.7 Å². The van der Waals surface area contributed by atoms with Gasteiger partial charge in [0.2, 0.25) is 0 Å². The smallest absolute Gasteiger partial charge is 0.258 e. The molecule has 6 aliphatic rings. The minimum Gasteiger partial charge on any atom is -0.307 e. The van der Waals surface area contributed by atoms with E-state index in [1.807, 2.05) is 94.7 Å². The van der Waals surface area contributed by atoms with Crippen molar-refractivity contribution in [2.45, 2.75) is 54.8 Å². The molecule has 12 nitrogen and oxygen atoms in total. The quantitative estimate of drug-likeness (QED) is 0.110. The third-order valence-electron chi connectivity index (χ3n) is 20.9. The summed E-state index contributed by atoms with van der Waals surface area (Å²) in [6.07, 6.45) is 17.0. The fourth-order valence-corrected chi connectivity index (χ4v) is 17.7. The summed E-state index contributed by atoms with van der Waals surface area (Å²) >= 11 is 67.6. The van der Waals surface area contributed by atoms with Crippen LogP contribution in [0.2, 0.25) is 56.0 Å². The van der Waals surface area contributed by atoms with Crippen LogP contribution in [-0.2, 0) is 16.2 Å². The van der Waals surface area contributed by atoms with Crippen molar-refractivity contribution in [2.75, 3.05) is 93.2 Å². The summed E-state index contributed by atoms with van der Waals surface area (Å²) in [5.74, 6) is -2.10. The van der Waals surface area contributed by atoms with Crippen molar-refractivity contribution in [3.8, 4) is 0 Å². The highest BCUT2D eigenvalue weighted by molar-refractivity contribution is 6.36. The fraction of sp³-hybridized carbons (Fsp3) is 0.259. The Bertz CT molecular complexity index is 4720. The molecular weight excluding hydrogens is 1590 g/mol. The molecule has 552 valence electrons. The van der Waals surface area contributed by atoms with Crippen LogP contribution in [0.3, 0.4) is 0 Å². The van der Waals surface area contributed by atoms with Crippen LogP contribution < -0.4 is 14.7 Å². The zero-order chi connectivity index (χ0) is 75.5. The highest BCUT2D eigenvalue weighted by Crippen LogP contribution is 2.52. The Morgan fingerprint density at radius 2 is 0.673 bits per heavy atom. The number of fused-ring (bicyclic) bond motifs is 6. The number of hydrogen-bond donors (Lipinski definition) is 0. The van der Waals surface area contributed by atoms with Crippen LogP contribution in [0.25, 0.3) is 18.2 Å². The first-order valence-corrected chi connectivity index (χ1v) is 38.6. The number of pyridine rings is 3. The summed E-state index contributed by atoms with van der Waals surface area (Å²) in [5.41, 5.74) is 8.34. The Kier molecular flexibility index (Phi) is 24.8. The number of rotatable bonds is 12. The number of carbonyl (C=O) groups excluding carboxylic acids is 3. The summed E-state index contributed by atoms with van der Waals surface area (Å²) in [7, 11) is 0. The van der Waals surface area contributed by atoms with E-state index in [9.17, 15) is 27.6 Å². The molecule has 15 rings (SSSR count). The van der Waals surface area contributed by atoms with Gasteiger partial charge in [0.1, 0.15) is 48.4 Å². The van der Waals surface area contributed by atoms with Crippen LogP contribution in [0.15, 0.2) is 170 Å². The molecule has 0 atom stereocenters. The molecule has 0 bridgehead atoms. The summed E-state index contributed by atoms with van der Waals surface area (Å²) in [5, 5.41) is 4.39. The van der Waals surface area contributed by atoms with E-state index in [1.165, 1.54) is 36.4 Å². The topological polar surface area (TPSA) is 109 Å². The van der Waals surface area contributed by atoms with Crippen LogP contribution in [-0.4, -0.2) is 126 Å². The molecule has 0 unspecified atom stereocenters. The van der Waals surface area contributed by atoms with Gasteiger partial charge in [-0.25, -0.2) is 28.1 Å². The number of nitrogens with zero attached hydrogens (tertiary/aromatic N) is 9. The number of anilines is 3. The van der Waals surface area contributed by atoms with Crippen LogP contribution in [0.5, 0.6) is 0 Å². The van der Waals surface area contributed by atoms with Gasteiger partial charge in [-0.05, 0) is 227 Å². The minimum absolute atomic E-state index is 0.126. The van der Waals surface area contributed by atoms with Gasteiger partial charge < -0.3 is 14.7 Å². The fourth-order valence-electron chi connectivity index (χ4n) is 15.3. The molecule has 107 heavy (non-hydrogen) atoms. The van der Waals surface area contributed by atoms with Crippen molar-refractivity contribution in [1.29, 1.82) is 0 Å². The molecule has 9 heterocycles. The van der Waals surface area contributed by atoms with Gasteiger partial charge in [-0.15, -0.1) is 0 Å². The second-order valence-electron chi connectivity index (χ2n) is 27.5. The van der Waals surface area contributed by atoms with E-state index in [2.05, 4.69) is 47.9 Å². The zero-order valence-corrected chi connectivity index (χ0v) is 65.5. The van der Waals surface area contributed by atoms with Gasteiger partial charge in [0.05, 0.1) is 0 Å². The largest absolute Gasteiger partial charge is 0.307 e. The molecule has 3 saturated heterocycles. The van der Waals surface area contributed by atoms with Crippen LogP contribution >= 0.6 is 128 Å². The number of likely N-dealkylation sites (tertiary alicyclic amines) is 3. The number of amides is 3. The van der Waals surface area contributed by atoms with E-state index in [4.69, 9.17) is 128 Å². The second kappa shape index (κ2) is 33.9. The number of halogens is 14. The number of benzene rings is 6. The first-order valence-electron chi connectivity index (χ1n) is 34.5. The lowest BCUT2D eigenvalue weighted by molar-refractivity contribution is 0.0970. The van der Waals surface area contributed by atoms with Crippen LogP contribution in [0, 0.1) is 17.5 Å². The van der Waals surface area contributed by atoms with Gasteiger partial charge in [0, 0.05) is 126 Å². The molecule has 6 aromatic carbocycles. The minimum atomic E-state index is -0.609. The summed E-state index contributed by atoms with van der Waals surface area (Å²) in [4.78, 5) is 64.7. The predicted octanol–water partition coefficient (Wildman–Crippen LogP) is 22.0. The SMILES string of the molecule is O=C(c1cc(Cl)nc(Cl)c1)N1CC2(CCN(C/C=C/c3ccc(Cl)cc3Cl)CC2)c2cc(Cl)ccc21.O=C(c1cc(Cl)nc(Cl)c1)N1CC2(CCN(C/C=C/c3ccc(F)cc3F)CC2)c2cc(F)ccc21.O=C(c1cc(Cl)nc(Cl)c1)N1CC2(CCN(C/C=C/c3ccccc3Cl)CC2)c2cc(Cl)ccc21. The van der Waals surface area contributed by atoms with Crippen molar-refractivity contribution in [3.63, 3.8) is 0 Å². The van der Waals surface area contributed by atoms with E-state index in [1.54, 1.807) is 47.4 Å². The van der Waals surface area contributed by atoms with Crippen molar-refractivity contribution >= 4 is 181 Å². The molecule has 9 aromatic rings.